The van der Waals surface area contributed by atoms with E-state index in [2.05, 4.69) is 19.9 Å². The second-order valence-corrected chi connectivity index (χ2v) is 24.9. The first kappa shape index (κ1) is 60.0. The van der Waals surface area contributed by atoms with E-state index in [-0.39, 0.29) is 66.0 Å². The lowest BCUT2D eigenvalue weighted by Gasteiger charge is -2.60. The highest BCUT2D eigenvalue weighted by atomic mass is 16.8. The summed E-state index contributed by atoms with van der Waals surface area (Å²) in [6, 6.07) is 0. The van der Waals surface area contributed by atoms with Crippen LogP contribution in [0.2, 0.25) is 0 Å². The molecular formula is C56H88O24. The number of carbonyl (C=O) groups excluding carboxylic acids is 1. The monoisotopic (exact) mass is 1140 g/mol. The molecule has 8 saturated heterocycles. The van der Waals surface area contributed by atoms with Crippen molar-refractivity contribution in [3.05, 3.63) is 11.6 Å². The molecule has 6 N–H and O–H groups in total. The molecule has 3 aliphatic carbocycles. The summed E-state index contributed by atoms with van der Waals surface area (Å²) in [6.07, 6.45) is -13.5. The van der Waals surface area contributed by atoms with E-state index < -0.39 is 153 Å². The number of ether oxygens (including phenoxy) is 17. The van der Waals surface area contributed by atoms with Gasteiger partial charge in [0, 0.05) is 64.3 Å². The molecule has 31 atom stereocenters. The molecule has 2 bridgehead atoms. The zero-order valence-electron chi connectivity index (χ0n) is 47.7. The molecule has 0 amide bonds. The minimum atomic E-state index is -1.67. The van der Waals surface area contributed by atoms with E-state index in [1.165, 1.54) is 26.7 Å². The van der Waals surface area contributed by atoms with Gasteiger partial charge in [-0.3, -0.25) is 4.79 Å². The fourth-order valence-electron chi connectivity index (χ4n) is 16.5. The molecule has 8 aliphatic heterocycles. The lowest BCUT2D eigenvalue weighted by molar-refractivity contribution is -0.374. The predicted molar refractivity (Wildman–Crippen MR) is 270 cm³/mol. The van der Waals surface area contributed by atoms with Gasteiger partial charge in [-0.25, -0.2) is 0 Å². The van der Waals surface area contributed by atoms with Crippen molar-refractivity contribution in [2.45, 2.75) is 265 Å². The minimum absolute atomic E-state index is 0.0126. The molecule has 11 aliphatic rings. The first-order valence-corrected chi connectivity index (χ1v) is 29.1. The van der Waals surface area contributed by atoms with Crippen LogP contribution in [0.3, 0.4) is 0 Å². The zero-order valence-corrected chi connectivity index (χ0v) is 47.7. The normalized spacial score (nSPS) is 54.5. The molecule has 0 spiro atoms. The van der Waals surface area contributed by atoms with Crippen LogP contribution < -0.4 is 0 Å². The number of rotatable bonds is 16. The molecule has 456 valence electrons. The van der Waals surface area contributed by atoms with Crippen LogP contribution in [0, 0.1) is 28.6 Å². The van der Waals surface area contributed by atoms with Gasteiger partial charge in [-0.1, -0.05) is 18.6 Å². The van der Waals surface area contributed by atoms with Crippen molar-refractivity contribution < 1.29 is 116 Å². The van der Waals surface area contributed by atoms with Gasteiger partial charge in [-0.05, 0) is 79.1 Å². The SMILES string of the molecule is CO[C@@H]1[C@@H](O)[C@H](O[C@@H]2[C@@H](C)O[C@@H](O[C@H]3[C@@H](OC)C[C@H](O[C@H]4[C@H](O)C[C@H](O[C@H]5CC[C@@]6(COC(C)=O)C(=CC[C@@H]7[C@@H]6CC[C@]6(C)[C@@H]8[C@H]9CO[C@]8(C)O[C@@]76O9)C5)O[C@@H]4C)O[C@@H]3C)C[C@H]2OC)O[C@H](C)[C@H]1O[C@@H]1O[C@H](CO)[C@@H](O)[C@H](O)[C@H]1O. The smallest absolute Gasteiger partial charge is 0.302 e. The molecule has 0 unspecified atom stereocenters. The Kier molecular flexibility index (Phi) is 17.4. The second-order valence-electron chi connectivity index (χ2n) is 24.9. The summed E-state index contributed by atoms with van der Waals surface area (Å²) in [4.78, 5) is 12.4. The summed E-state index contributed by atoms with van der Waals surface area (Å²) in [7, 11) is 4.49. The number of fused-ring (bicyclic) bond motifs is 3. The van der Waals surface area contributed by atoms with Crippen molar-refractivity contribution in [2.24, 2.45) is 28.6 Å². The number of hydrogen-bond donors (Lipinski definition) is 6. The summed E-state index contributed by atoms with van der Waals surface area (Å²) in [6.45, 7) is 13.2. The van der Waals surface area contributed by atoms with E-state index >= 15 is 0 Å². The van der Waals surface area contributed by atoms with Crippen LogP contribution in [0.25, 0.3) is 0 Å². The number of carbonyl (C=O) groups is 1. The van der Waals surface area contributed by atoms with E-state index in [0.29, 0.717) is 19.6 Å². The van der Waals surface area contributed by atoms with Crippen molar-refractivity contribution in [3.8, 4) is 0 Å². The maximum atomic E-state index is 12.4. The van der Waals surface area contributed by atoms with E-state index in [4.69, 9.17) is 80.5 Å². The van der Waals surface area contributed by atoms with Gasteiger partial charge >= 0.3 is 5.97 Å². The van der Waals surface area contributed by atoms with E-state index in [1.54, 1.807) is 21.0 Å². The molecular weight excluding hydrogens is 1060 g/mol. The molecule has 0 radical (unpaired) electrons. The van der Waals surface area contributed by atoms with Crippen LogP contribution in [0.15, 0.2) is 11.6 Å². The van der Waals surface area contributed by atoms with Gasteiger partial charge in [0.05, 0.1) is 74.1 Å². The number of aliphatic hydroxyl groups excluding tert-OH is 6. The maximum Gasteiger partial charge on any atom is 0.302 e. The maximum absolute atomic E-state index is 12.4. The summed E-state index contributed by atoms with van der Waals surface area (Å²) < 4.78 is 107. The number of hydrogen-bond acceptors (Lipinski definition) is 24. The first-order chi connectivity index (χ1) is 38.1. The summed E-state index contributed by atoms with van der Waals surface area (Å²) in [5.41, 5.74) is 0.689. The zero-order chi connectivity index (χ0) is 57.0. The largest absolute Gasteiger partial charge is 0.465 e. The molecule has 0 aromatic rings. The Morgan fingerprint density at radius 1 is 0.662 bits per heavy atom. The van der Waals surface area contributed by atoms with Crippen molar-refractivity contribution >= 4 is 5.97 Å². The number of methoxy groups -OCH3 is 3. The number of allylic oxidation sites excluding steroid dienone is 1. The molecule has 0 aromatic carbocycles. The summed E-state index contributed by atoms with van der Waals surface area (Å²) >= 11 is 0. The molecule has 10 fully saturated rings. The van der Waals surface area contributed by atoms with Crippen LogP contribution in [-0.2, 0) is 85.3 Å². The molecule has 2 saturated carbocycles. The molecule has 80 heavy (non-hydrogen) atoms. The third kappa shape index (κ3) is 10.3. The molecule has 24 nitrogen and oxygen atoms in total. The summed E-state index contributed by atoms with van der Waals surface area (Å²) in [5.74, 6) is -1.28. The number of esters is 1. The van der Waals surface area contributed by atoms with E-state index in [1.807, 2.05) is 13.8 Å². The van der Waals surface area contributed by atoms with Gasteiger partial charge in [0.15, 0.2) is 43.0 Å². The molecule has 8 heterocycles. The standard InChI is InChI=1S/C56H88O24/c1-24-45(33(59)18-38(69-24)73-30-13-16-55(23-67-28(5)58)29(17-30)11-12-32-31(55)14-15-53(6)50-37-22-68-54(50,7)80-56(32,53)79-37)75-39-19-34(64-8)46(25(2)70-39)76-40-20-35(65-9)47(26(3)71-40)77-52-44(63)49(66-10)48(27(4)72-52)78-51-43(62)42(61)41(60)36(21-57)74-51/h11,24-27,30-52,57,59-63H,12-23H2,1-10H3/t24-,25-,26-,27-,30+,31+,32-,33-,34+,35-,36-,37-,38+,39+,40+,41-,42+,43-,44-,45-,46-,47-,48-,49-,50+,51+,52+,53-,54-,55-,56+/m1/s1. The predicted octanol–water partition coefficient (Wildman–Crippen LogP) is 1.21. The van der Waals surface area contributed by atoms with Crippen LogP contribution >= 0.6 is 0 Å². The van der Waals surface area contributed by atoms with Crippen LogP contribution in [0.4, 0.5) is 0 Å². The highest BCUT2D eigenvalue weighted by Crippen LogP contribution is 2.76. The Balaban J connectivity index is 0.665. The second kappa shape index (κ2) is 23.2. The van der Waals surface area contributed by atoms with E-state index in [0.717, 1.165) is 32.1 Å². The highest BCUT2D eigenvalue weighted by molar-refractivity contribution is 5.66. The lowest BCUT2D eigenvalue weighted by Crippen LogP contribution is -2.65. The fraction of sp³-hybridized carbons (Fsp3) is 0.946. The van der Waals surface area contributed by atoms with Crippen molar-refractivity contribution in [3.63, 3.8) is 0 Å². The van der Waals surface area contributed by atoms with Gasteiger partial charge in [-0.2, -0.15) is 0 Å². The highest BCUT2D eigenvalue weighted by Gasteiger charge is 2.83. The lowest BCUT2D eigenvalue weighted by atomic mass is 9.47. The topological polar surface area (TPSA) is 295 Å². The minimum Gasteiger partial charge on any atom is -0.465 e. The molecule has 0 aromatic heterocycles. The fourth-order valence-corrected chi connectivity index (χ4v) is 16.5. The average molecular weight is 1150 g/mol. The first-order valence-electron chi connectivity index (χ1n) is 29.1. The van der Waals surface area contributed by atoms with Gasteiger partial charge in [0.25, 0.3) is 0 Å². The van der Waals surface area contributed by atoms with Gasteiger partial charge in [0.1, 0.15) is 67.6 Å². The van der Waals surface area contributed by atoms with Crippen molar-refractivity contribution in [1.29, 1.82) is 0 Å². The van der Waals surface area contributed by atoms with Gasteiger partial charge < -0.3 is 111 Å². The Labute approximate surface area is 467 Å². The average Bonchev–Trinajstić information content (AvgIpc) is 4.14. The molecule has 11 rings (SSSR count). The van der Waals surface area contributed by atoms with Crippen LogP contribution in [0.5, 0.6) is 0 Å². The van der Waals surface area contributed by atoms with E-state index in [9.17, 15) is 35.4 Å². The number of aliphatic hydroxyl groups is 6. The van der Waals surface area contributed by atoms with Gasteiger partial charge in [-0.15, -0.1) is 0 Å². The Hall–Kier alpha value is -1.67. The molecule has 24 heteroatoms. The Morgan fingerprint density at radius 2 is 1.27 bits per heavy atom. The quantitative estimate of drug-likeness (QED) is 0.0935. The summed E-state index contributed by atoms with van der Waals surface area (Å²) in [5, 5.41) is 64.1. The Bertz CT molecular complexity index is 2180. The third-order valence-electron chi connectivity index (χ3n) is 20.3. The van der Waals surface area contributed by atoms with Crippen molar-refractivity contribution in [1.82, 2.24) is 0 Å². The third-order valence-corrected chi connectivity index (χ3v) is 20.3. The van der Waals surface area contributed by atoms with Crippen LogP contribution in [0.1, 0.15) is 106 Å². The van der Waals surface area contributed by atoms with Gasteiger partial charge in [0.2, 0.25) is 0 Å². The van der Waals surface area contributed by atoms with Crippen LogP contribution in [-0.4, -0.2) is 237 Å². The van der Waals surface area contributed by atoms with Crippen molar-refractivity contribution in [2.75, 3.05) is 41.2 Å². The Morgan fingerprint density at radius 3 is 1.90 bits per heavy atom.